The van der Waals surface area contributed by atoms with E-state index in [1.165, 1.54) is 11.6 Å². The summed E-state index contributed by atoms with van der Waals surface area (Å²) in [6.07, 6.45) is 1.54. The number of aryl methyl sites for hydroxylation is 1. The maximum Gasteiger partial charge on any atom is 0.262 e. The summed E-state index contributed by atoms with van der Waals surface area (Å²) >= 11 is 0. The van der Waals surface area contributed by atoms with Gasteiger partial charge in [-0.25, -0.2) is 0 Å². The fraction of sp³-hybridized carbons (Fsp3) is 0.154. The molecule has 0 unspecified atom stereocenters. The average molecular weight is 412 g/mol. The van der Waals surface area contributed by atoms with Gasteiger partial charge in [-0.15, -0.1) is 0 Å². The van der Waals surface area contributed by atoms with E-state index in [0.717, 1.165) is 11.3 Å². The standard InChI is InChI=1S/C26H24N2O3/c1-20-11-13-24(14-12-20)30-15-16-31-25-10-6-5-9-22(25)17-23(18-27)26(29)28-19-21-7-3-2-4-8-21/h2-14,17H,15-16,19H2,1H3,(H,28,29)/b23-17-. The number of hydrogen-bond acceptors (Lipinski definition) is 4. The number of nitrogens with zero attached hydrogens (tertiary/aromatic N) is 1. The normalized spacial score (nSPS) is 10.8. The fourth-order valence-electron chi connectivity index (χ4n) is 2.85. The van der Waals surface area contributed by atoms with Gasteiger partial charge in [0.05, 0.1) is 0 Å². The van der Waals surface area contributed by atoms with Gasteiger partial charge in [-0.1, -0.05) is 66.2 Å². The number of rotatable bonds is 9. The second-order valence-corrected chi connectivity index (χ2v) is 6.89. The third kappa shape index (κ3) is 6.76. The minimum atomic E-state index is -0.427. The lowest BCUT2D eigenvalue weighted by Crippen LogP contribution is -2.23. The van der Waals surface area contributed by atoms with Crippen LogP contribution in [0, 0.1) is 18.3 Å². The van der Waals surface area contributed by atoms with Crippen LogP contribution in [0.25, 0.3) is 6.08 Å². The van der Waals surface area contributed by atoms with Gasteiger partial charge in [0.15, 0.2) is 0 Å². The zero-order chi connectivity index (χ0) is 21.9. The van der Waals surface area contributed by atoms with Crippen LogP contribution >= 0.6 is 0 Å². The summed E-state index contributed by atoms with van der Waals surface area (Å²) in [4.78, 5) is 12.4. The van der Waals surface area contributed by atoms with Gasteiger partial charge in [0.2, 0.25) is 0 Å². The molecule has 31 heavy (non-hydrogen) atoms. The Kier molecular flexibility index (Phi) is 7.84. The summed E-state index contributed by atoms with van der Waals surface area (Å²) < 4.78 is 11.5. The third-order valence-electron chi connectivity index (χ3n) is 4.51. The molecule has 0 aliphatic rings. The minimum absolute atomic E-state index is 0.0166. The molecule has 156 valence electrons. The Balaban J connectivity index is 1.59. The molecule has 0 aromatic heterocycles. The second kappa shape index (κ2) is 11.2. The van der Waals surface area contributed by atoms with E-state index in [4.69, 9.17) is 9.47 Å². The predicted molar refractivity (Wildman–Crippen MR) is 120 cm³/mol. The number of ether oxygens (including phenoxy) is 2. The molecule has 3 aromatic carbocycles. The van der Waals surface area contributed by atoms with Gasteiger partial charge in [0.25, 0.3) is 5.91 Å². The van der Waals surface area contributed by atoms with Crippen molar-refractivity contribution in [2.75, 3.05) is 13.2 Å². The fourth-order valence-corrected chi connectivity index (χ4v) is 2.85. The molecule has 0 atom stereocenters. The van der Waals surface area contributed by atoms with Gasteiger partial charge in [-0.2, -0.15) is 5.26 Å². The molecule has 1 amide bonds. The monoisotopic (exact) mass is 412 g/mol. The molecule has 0 fully saturated rings. The molecule has 0 aliphatic carbocycles. The lowest BCUT2D eigenvalue weighted by Gasteiger charge is -2.11. The first-order chi connectivity index (χ1) is 15.2. The molecule has 3 aromatic rings. The van der Waals surface area contributed by atoms with Gasteiger partial charge in [-0.3, -0.25) is 4.79 Å². The van der Waals surface area contributed by atoms with E-state index in [0.29, 0.717) is 31.1 Å². The first-order valence-corrected chi connectivity index (χ1v) is 10.0. The molecule has 5 heteroatoms. The quantitative estimate of drug-likeness (QED) is 0.315. The molecular formula is C26H24N2O3. The van der Waals surface area contributed by atoms with Gasteiger partial charge in [-0.05, 0) is 36.8 Å². The Morgan fingerprint density at radius 2 is 1.61 bits per heavy atom. The lowest BCUT2D eigenvalue weighted by atomic mass is 10.1. The summed E-state index contributed by atoms with van der Waals surface area (Å²) in [6.45, 7) is 3.09. The number of para-hydroxylation sites is 1. The van der Waals surface area contributed by atoms with Crippen LogP contribution in [0.3, 0.4) is 0 Å². The second-order valence-electron chi connectivity index (χ2n) is 6.89. The van der Waals surface area contributed by atoms with Crippen LogP contribution in [0.5, 0.6) is 11.5 Å². The highest BCUT2D eigenvalue weighted by Crippen LogP contribution is 2.21. The van der Waals surface area contributed by atoms with E-state index < -0.39 is 5.91 Å². The molecule has 5 nitrogen and oxygen atoms in total. The van der Waals surface area contributed by atoms with Crippen molar-refractivity contribution in [3.63, 3.8) is 0 Å². The zero-order valence-corrected chi connectivity index (χ0v) is 17.4. The smallest absolute Gasteiger partial charge is 0.262 e. The summed E-state index contributed by atoms with van der Waals surface area (Å²) in [5.41, 5.74) is 2.81. The average Bonchev–Trinajstić information content (AvgIpc) is 2.81. The van der Waals surface area contributed by atoms with Crippen LogP contribution in [0.2, 0.25) is 0 Å². The molecular weight excluding hydrogens is 388 g/mol. The van der Waals surface area contributed by atoms with Crippen LogP contribution < -0.4 is 14.8 Å². The largest absolute Gasteiger partial charge is 0.490 e. The Morgan fingerprint density at radius 1 is 0.935 bits per heavy atom. The van der Waals surface area contributed by atoms with Crippen LogP contribution in [-0.4, -0.2) is 19.1 Å². The highest BCUT2D eigenvalue weighted by Gasteiger charge is 2.11. The van der Waals surface area contributed by atoms with Crippen LogP contribution in [-0.2, 0) is 11.3 Å². The number of benzene rings is 3. The van der Waals surface area contributed by atoms with Crippen LogP contribution in [0.4, 0.5) is 0 Å². The van der Waals surface area contributed by atoms with Gasteiger partial charge >= 0.3 is 0 Å². The van der Waals surface area contributed by atoms with E-state index in [-0.39, 0.29) is 5.57 Å². The third-order valence-corrected chi connectivity index (χ3v) is 4.51. The Hall–Kier alpha value is -4.04. The van der Waals surface area contributed by atoms with Crippen LogP contribution in [0.1, 0.15) is 16.7 Å². The number of nitriles is 1. The zero-order valence-electron chi connectivity index (χ0n) is 17.4. The highest BCUT2D eigenvalue weighted by molar-refractivity contribution is 6.01. The Bertz CT molecular complexity index is 1070. The predicted octanol–water partition coefficient (Wildman–Crippen LogP) is 4.68. The SMILES string of the molecule is Cc1ccc(OCCOc2ccccc2/C=C(/C#N)C(=O)NCc2ccccc2)cc1. The molecule has 0 spiro atoms. The maximum absolute atomic E-state index is 12.4. The van der Waals surface area contributed by atoms with Crippen molar-refractivity contribution in [2.45, 2.75) is 13.5 Å². The summed E-state index contributed by atoms with van der Waals surface area (Å²) in [7, 11) is 0. The first-order valence-electron chi connectivity index (χ1n) is 10.0. The Labute approximate surface area is 182 Å². The molecule has 0 saturated carbocycles. The molecule has 0 bridgehead atoms. The number of carbonyl (C=O) groups is 1. The van der Waals surface area contributed by atoms with E-state index in [1.807, 2.05) is 79.7 Å². The highest BCUT2D eigenvalue weighted by atomic mass is 16.5. The van der Waals surface area contributed by atoms with Crippen molar-refractivity contribution in [3.05, 3.63) is 101 Å². The molecule has 1 N–H and O–H groups in total. The first kappa shape index (κ1) is 21.7. The minimum Gasteiger partial charge on any atom is -0.490 e. The number of hydrogen-bond donors (Lipinski definition) is 1. The number of nitrogens with one attached hydrogen (secondary N) is 1. The van der Waals surface area contributed by atoms with Crippen molar-refractivity contribution < 1.29 is 14.3 Å². The van der Waals surface area contributed by atoms with E-state index >= 15 is 0 Å². The van der Waals surface area contributed by atoms with Crippen molar-refractivity contribution >= 4 is 12.0 Å². The molecule has 3 rings (SSSR count). The lowest BCUT2D eigenvalue weighted by molar-refractivity contribution is -0.117. The van der Waals surface area contributed by atoms with Crippen molar-refractivity contribution in [3.8, 4) is 17.6 Å². The van der Waals surface area contributed by atoms with Crippen LogP contribution in [0.15, 0.2) is 84.4 Å². The topological polar surface area (TPSA) is 71.3 Å². The van der Waals surface area contributed by atoms with Crippen molar-refractivity contribution in [2.24, 2.45) is 0 Å². The number of carbonyl (C=O) groups excluding carboxylic acids is 1. The Morgan fingerprint density at radius 3 is 2.35 bits per heavy atom. The van der Waals surface area contributed by atoms with Gasteiger partial charge in [0.1, 0.15) is 36.4 Å². The van der Waals surface area contributed by atoms with Gasteiger partial charge < -0.3 is 14.8 Å². The summed E-state index contributed by atoms with van der Waals surface area (Å²) in [5.74, 6) is 0.937. The van der Waals surface area contributed by atoms with Crippen molar-refractivity contribution in [1.29, 1.82) is 5.26 Å². The van der Waals surface area contributed by atoms with E-state index in [9.17, 15) is 10.1 Å². The van der Waals surface area contributed by atoms with E-state index in [2.05, 4.69) is 5.32 Å². The maximum atomic E-state index is 12.4. The number of amides is 1. The molecule has 0 aliphatic heterocycles. The van der Waals surface area contributed by atoms with Gasteiger partial charge in [0, 0.05) is 12.1 Å². The molecule has 0 radical (unpaired) electrons. The van der Waals surface area contributed by atoms with Crippen molar-refractivity contribution in [1.82, 2.24) is 5.32 Å². The summed E-state index contributed by atoms with van der Waals surface area (Å²) in [5, 5.41) is 12.2. The molecule has 0 saturated heterocycles. The van der Waals surface area contributed by atoms with E-state index in [1.54, 1.807) is 12.1 Å². The molecule has 0 heterocycles. The summed E-state index contributed by atoms with van der Waals surface area (Å²) in [6, 6.07) is 26.6.